The van der Waals surface area contributed by atoms with Crippen molar-refractivity contribution in [2.75, 3.05) is 18.5 Å². The average molecular weight is 257 g/mol. The minimum atomic E-state index is -0.963. The number of hydrogen-bond donors (Lipinski definition) is 2. The van der Waals surface area contributed by atoms with Crippen molar-refractivity contribution in [1.82, 2.24) is 9.97 Å². The molecule has 6 nitrogen and oxygen atoms in total. The molecule has 18 heavy (non-hydrogen) atoms. The van der Waals surface area contributed by atoms with Gasteiger partial charge in [-0.05, 0) is 13.8 Å². The first kappa shape index (κ1) is 14.3. The molecular formula is C11H16FN3O3. The molecule has 0 radical (unpaired) electrons. The lowest BCUT2D eigenvalue weighted by Crippen LogP contribution is -2.27. The molecule has 1 heterocycles. The Labute approximate surface area is 104 Å². The summed E-state index contributed by atoms with van der Waals surface area (Å²) < 4.78 is 18.8. The number of nitrogens with one attached hydrogen (secondary N) is 1. The third kappa shape index (κ3) is 4.25. The number of carboxylic acid groups (broad SMARTS) is 1. The van der Waals surface area contributed by atoms with E-state index >= 15 is 0 Å². The quantitative estimate of drug-likeness (QED) is 0.764. The SMILES string of the molecule is CCOC(CNc1ncnc(C)c1F)CC(=O)O. The number of aliphatic carboxylic acids is 1. The van der Waals surface area contributed by atoms with Crippen LogP contribution < -0.4 is 5.32 Å². The van der Waals surface area contributed by atoms with E-state index in [9.17, 15) is 9.18 Å². The molecule has 1 unspecified atom stereocenters. The Balaban J connectivity index is 2.60. The highest BCUT2D eigenvalue weighted by molar-refractivity contribution is 5.67. The van der Waals surface area contributed by atoms with Crippen LogP contribution in [0.4, 0.5) is 10.2 Å². The number of carboxylic acids is 1. The zero-order valence-corrected chi connectivity index (χ0v) is 10.3. The van der Waals surface area contributed by atoms with Gasteiger partial charge in [0.25, 0.3) is 0 Å². The maximum Gasteiger partial charge on any atom is 0.306 e. The van der Waals surface area contributed by atoms with Gasteiger partial charge in [-0.3, -0.25) is 4.79 Å². The molecule has 0 amide bonds. The molecule has 2 N–H and O–H groups in total. The number of ether oxygens (including phenoxy) is 1. The first-order valence-corrected chi connectivity index (χ1v) is 5.59. The van der Waals surface area contributed by atoms with Gasteiger partial charge in [-0.15, -0.1) is 0 Å². The average Bonchev–Trinajstić information content (AvgIpc) is 2.30. The molecule has 0 aliphatic rings. The summed E-state index contributed by atoms with van der Waals surface area (Å²) in [4.78, 5) is 18.1. The van der Waals surface area contributed by atoms with E-state index in [0.717, 1.165) is 0 Å². The second-order valence-corrected chi connectivity index (χ2v) is 3.68. The van der Waals surface area contributed by atoms with Gasteiger partial charge in [-0.25, -0.2) is 14.4 Å². The fourth-order valence-electron chi connectivity index (χ4n) is 1.41. The Morgan fingerprint density at radius 2 is 2.33 bits per heavy atom. The number of rotatable bonds is 7. The van der Waals surface area contributed by atoms with Gasteiger partial charge in [0.05, 0.1) is 18.2 Å². The standard InChI is InChI=1S/C11H16FN3O3/c1-3-18-8(4-9(16)17)5-13-11-10(12)7(2)14-6-15-11/h6,8H,3-5H2,1-2H3,(H,16,17)(H,13,14,15). The molecule has 0 aromatic carbocycles. The van der Waals surface area contributed by atoms with Gasteiger partial charge in [0.1, 0.15) is 6.33 Å². The van der Waals surface area contributed by atoms with Crippen LogP contribution in [0.3, 0.4) is 0 Å². The minimum Gasteiger partial charge on any atom is -0.481 e. The Morgan fingerprint density at radius 3 is 2.94 bits per heavy atom. The van der Waals surface area contributed by atoms with Crippen molar-refractivity contribution in [3.63, 3.8) is 0 Å². The van der Waals surface area contributed by atoms with Crippen LogP contribution in [0.15, 0.2) is 6.33 Å². The molecule has 0 saturated carbocycles. The summed E-state index contributed by atoms with van der Waals surface area (Å²) in [6.45, 7) is 3.86. The van der Waals surface area contributed by atoms with E-state index in [0.29, 0.717) is 6.61 Å². The molecule has 0 spiro atoms. The number of aryl methyl sites for hydroxylation is 1. The van der Waals surface area contributed by atoms with Crippen LogP contribution in [0.1, 0.15) is 19.0 Å². The van der Waals surface area contributed by atoms with E-state index in [1.807, 2.05) is 0 Å². The number of nitrogens with zero attached hydrogens (tertiary/aromatic N) is 2. The Kier molecular flexibility index (Phi) is 5.44. The Hall–Kier alpha value is -1.76. The fraction of sp³-hybridized carbons (Fsp3) is 0.545. The van der Waals surface area contributed by atoms with E-state index in [1.165, 1.54) is 13.3 Å². The normalized spacial score (nSPS) is 12.2. The van der Waals surface area contributed by atoms with E-state index in [2.05, 4.69) is 15.3 Å². The first-order chi connectivity index (χ1) is 8.54. The van der Waals surface area contributed by atoms with Crippen LogP contribution >= 0.6 is 0 Å². The molecule has 1 atom stereocenters. The van der Waals surface area contributed by atoms with Gasteiger partial charge >= 0.3 is 5.97 Å². The zero-order valence-electron chi connectivity index (χ0n) is 10.3. The van der Waals surface area contributed by atoms with Gasteiger partial charge in [-0.2, -0.15) is 0 Å². The summed E-state index contributed by atoms with van der Waals surface area (Å²) in [5, 5.41) is 11.4. The predicted molar refractivity (Wildman–Crippen MR) is 62.9 cm³/mol. The predicted octanol–water partition coefficient (Wildman–Crippen LogP) is 1.22. The Bertz CT molecular complexity index is 415. The van der Waals surface area contributed by atoms with Crippen LogP contribution in [0.2, 0.25) is 0 Å². The van der Waals surface area contributed by atoms with Crippen molar-refractivity contribution in [2.24, 2.45) is 0 Å². The third-order valence-electron chi connectivity index (χ3n) is 2.27. The highest BCUT2D eigenvalue weighted by atomic mass is 19.1. The smallest absolute Gasteiger partial charge is 0.306 e. The molecule has 1 aromatic rings. The largest absolute Gasteiger partial charge is 0.481 e. The van der Waals surface area contributed by atoms with E-state index in [1.54, 1.807) is 6.92 Å². The van der Waals surface area contributed by atoms with Crippen molar-refractivity contribution in [3.8, 4) is 0 Å². The number of anilines is 1. The molecule has 0 aliphatic carbocycles. The summed E-state index contributed by atoms with van der Waals surface area (Å²) in [6, 6.07) is 0. The van der Waals surface area contributed by atoms with Crippen molar-refractivity contribution < 1.29 is 19.0 Å². The second kappa shape index (κ2) is 6.85. The van der Waals surface area contributed by atoms with Crippen molar-refractivity contribution in [2.45, 2.75) is 26.4 Å². The monoisotopic (exact) mass is 257 g/mol. The van der Waals surface area contributed by atoms with Gasteiger partial charge in [0.15, 0.2) is 11.6 Å². The lowest BCUT2D eigenvalue weighted by atomic mass is 10.2. The van der Waals surface area contributed by atoms with Crippen molar-refractivity contribution in [1.29, 1.82) is 0 Å². The first-order valence-electron chi connectivity index (χ1n) is 5.59. The van der Waals surface area contributed by atoms with Gasteiger partial charge < -0.3 is 15.2 Å². The second-order valence-electron chi connectivity index (χ2n) is 3.68. The topological polar surface area (TPSA) is 84.3 Å². The van der Waals surface area contributed by atoms with E-state index in [-0.39, 0.29) is 24.5 Å². The van der Waals surface area contributed by atoms with Crippen LogP contribution in [-0.4, -0.2) is 40.3 Å². The van der Waals surface area contributed by atoms with E-state index < -0.39 is 17.9 Å². The maximum absolute atomic E-state index is 13.6. The molecule has 1 rings (SSSR count). The van der Waals surface area contributed by atoms with Gasteiger partial charge in [0.2, 0.25) is 0 Å². The fourth-order valence-corrected chi connectivity index (χ4v) is 1.41. The van der Waals surface area contributed by atoms with Gasteiger partial charge in [-0.1, -0.05) is 0 Å². The number of hydrogen-bond acceptors (Lipinski definition) is 5. The minimum absolute atomic E-state index is 0.0533. The summed E-state index contributed by atoms with van der Waals surface area (Å²) >= 11 is 0. The molecule has 0 saturated heterocycles. The molecule has 100 valence electrons. The summed E-state index contributed by atoms with van der Waals surface area (Å²) in [7, 11) is 0. The van der Waals surface area contributed by atoms with Crippen LogP contribution in [0.25, 0.3) is 0 Å². The van der Waals surface area contributed by atoms with Crippen molar-refractivity contribution in [3.05, 3.63) is 17.8 Å². The lowest BCUT2D eigenvalue weighted by molar-refractivity contribution is -0.139. The molecule has 0 fully saturated rings. The molecule has 7 heteroatoms. The summed E-state index contributed by atoms with van der Waals surface area (Å²) in [5.74, 6) is -1.45. The highest BCUT2D eigenvalue weighted by Crippen LogP contribution is 2.12. The van der Waals surface area contributed by atoms with Gasteiger partial charge in [0, 0.05) is 13.2 Å². The van der Waals surface area contributed by atoms with Crippen LogP contribution in [-0.2, 0) is 9.53 Å². The van der Waals surface area contributed by atoms with Crippen LogP contribution in [0.5, 0.6) is 0 Å². The Morgan fingerprint density at radius 1 is 1.61 bits per heavy atom. The summed E-state index contributed by atoms with van der Waals surface area (Å²) in [5.41, 5.74) is 0.235. The molecule has 0 bridgehead atoms. The lowest BCUT2D eigenvalue weighted by Gasteiger charge is -2.16. The zero-order chi connectivity index (χ0) is 13.5. The maximum atomic E-state index is 13.6. The molecule has 1 aromatic heterocycles. The third-order valence-corrected chi connectivity index (χ3v) is 2.27. The van der Waals surface area contributed by atoms with E-state index in [4.69, 9.17) is 9.84 Å². The molecule has 0 aliphatic heterocycles. The number of aromatic nitrogens is 2. The number of carbonyl (C=O) groups is 1. The summed E-state index contributed by atoms with van der Waals surface area (Å²) in [6.07, 6.45) is 0.572. The molecular weight excluding hydrogens is 241 g/mol. The number of halogens is 1. The van der Waals surface area contributed by atoms with Crippen LogP contribution in [0, 0.1) is 12.7 Å². The highest BCUT2D eigenvalue weighted by Gasteiger charge is 2.15. The van der Waals surface area contributed by atoms with Crippen molar-refractivity contribution >= 4 is 11.8 Å².